The van der Waals surface area contributed by atoms with Crippen LogP contribution in [0.5, 0.6) is 0 Å². The van der Waals surface area contributed by atoms with Crippen molar-refractivity contribution in [3.8, 4) is 0 Å². The monoisotopic (exact) mass is 489 g/mol. The summed E-state index contributed by atoms with van der Waals surface area (Å²) in [5.74, 6) is -2.06. The maximum atomic E-state index is 12.3. The summed E-state index contributed by atoms with van der Waals surface area (Å²) < 4.78 is 1.90. The average Bonchev–Trinajstić information content (AvgIpc) is 3.20. The van der Waals surface area contributed by atoms with E-state index >= 15 is 0 Å². The molecule has 0 aromatic carbocycles. The largest absolute Gasteiger partial charge is 0.478 e. The van der Waals surface area contributed by atoms with Crippen molar-refractivity contribution >= 4 is 34.7 Å². The number of rotatable bonds is 7. The third-order valence-electron chi connectivity index (χ3n) is 5.48. The number of nitrogens with zero attached hydrogens (tertiary/aromatic N) is 6. The number of carboxylic acid groups (broad SMARTS) is 2. The lowest BCUT2D eigenvalue weighted by atomic mass is 9.96. The Morgan fingerprint density at radius 3 is 2.14 bits per heavy atom. The summed E-state index contributed by atoms with van der Waals surface area (Å²) in [4.78, 5) is 45.0. The molecule has 3 heterocycles. The number of carbonyl (C=O) groups excluding carboxylic acids is 1. The Labute approximate surface area is 204 Å². The molecule has 1 saturated heterocycles. The first kappa shape index (κ1) is 27.9. The third-order valence-corrected chi connectivity index (χ3v) is 5.48. The predicted octanol–water partition coefficient (Wildman–Crippen LogP) is 1.55. The summed E-state index contributed by atoms with van der Waals surface area (Å²) in [5.41, 5.74) is 0.279. The average molecular weight is 490 g/mol. The first-order chi connectivity index (χ1) is 16.4. The maximum Gasteiger partial charge on any atom is 0.328 e. The van der Waals surface area contributed by atoms with E-state index in [9.17, 15) is 14.4 Å². The predicted molar refractivity (Wildman–Crippen MR) is 131 cm³/mol. The molecular weight excluding hydrogens is 454 g/mol. The van der Waals surface area contributed by atoms with Crippen LogP contribution in [-0.4, -0.2) is 96.4 Å². The number of nitrogens with one attached hydrogen (secondary N) is 1. The molecule has 2 aromatic heterocycles. The number of piperazine rings is 1. The van der Waals surface area contributed by atoms with Gasteiger partial charge in [-0.1, -0.05) is 20.8 Å². The van der Waals surface area contributed by atoms with Crippen LogP contribution in [0.1, 0.15) is 34.6 Å². The van der Waals surface area contributed by atoms with Crippen molar-refractivity contribution in [3.63, 3.8) is 0 Å². The molecule has 35 heavy (non-hydrogen) atoms. The minimum Gasteiger partial charge on any atom is -0.478 e. The summed E-state index contributed by atoms with van der Waals surface area (Å²) in [6, 6.07) is 0.612. The molecule has 1 aliphatic heterocycles. The zero-order chi connectivity index (χ0) is 26.2. The molecule has 0 spiro atoms. The van der Waals surface area contributed by atoms with Gasteiger partial charge in [0, 0.05) is 56.3 Å². The highest BCUT2D eigenvalue weighted by atomic mass is 16.4. The molecule has 1 aliphatic rings. The number of fused-ring (bicyclic) bond motifs is 1. The fourth-order valence-electron chi connectivity index (χ4n) is 3.33. The first-order valence-electron chi connectivity index (χ1n) is 11.5. The molecule has 0 saturated carbocycles. The van der Waals surface area contributed by atoms with Gasteiger partial charge in [-0.25, -0.2) is 24.2 Å². The van der Waals surface area contributed by atoms with Gasteiger partial charge in [0.1, 0.15) is 12.1 Å². The lowest BCUT2D eigenvalue weighted by Gasteiger charge is -2.36. The van der Waals surface area contributed by atoms with Crippen LogP contribution in [0.15, 0.2) is 24.7 Å². The van der Waals surface area contributed by atoms with Crippen molar-refractivity contribution in [1.29, 1.82) is 0 Å². The van der Waals surface area contributed by atoms with Gasteiger partial charge in [-0.15, -0.1) is 0 Å². The molecule has 3 N–H and O–H groups in total. The molecule has 3 rings (SSSR count). The topological polar surface area (TPSA) is 154 Å². The lowest BCUT2D eigenvalue weighted by molar-refractivity contribution is -0.134. The quantitative estimate of drug-likeness (QED) is 0.488. The standard InChI is InChI=1S/C19H31N7O.C4H4O4/c1-14(2)25-9-6-24(7-10-25)8-11-26-17-15(12-22-26)16(20-13-21-17)23-18(27)19(3,4)5;5-3(6)1-2-4(7)8/h12-14H,6-11H2,1-5H3,(H,20,21,23,27);1-2H,(H,5,6)(H,7,8). The van der Waals surface area contributed by atoms with Crippen molar-refractivity contribution in [2.45, 2.75) is 47.2 Å². The normalized spacial score (nSPS) is 15.3. The molecule has 1 fully saturated rings. The second-order valence-corrected chi connectivity index (χ2v) is 9.51. The van der Waals surface area contributed by atoms with Gasteiger partial charge in [-0.05, 0) is 13.8 Å². The molecular formula is C23H35N7O5. The summed E-state index contributed by atoms with van der Waals surface area (Å²) >= 11 is 0. The fraction of sp³-hybridized carbons (Fsp3) is 0.565. The smallest absolute Gasteiger partial charge is 0.328 e. The molecule has 0 unspecified atom stereocenters. The van der Waals surface area contributed by atoms with Gasteiger partial charge in [0.25, 0.3) is 0 Å². The van der Waals surface area contributed by atoms with Gasteiger partial charge in [0.15, 0.2) is 5.65 Å². The van der Waals surface area contributed by atoms with Crippen LogP contribution in [0, 0.1) is 5.41 Å². The maximum absolute atomic E-state index is 12.3. The number of anilines is 1. The Kier molecular flexibility index (Phi) is 9.84. The van der Waals surface area contributed by atoms with Gasteiger partial charge in [0.05, 0.1) is 18.1 Å². The van der Waals surface area contributed by atoms with E-state index in [0.29, 0.717) is 24.0 Å². The van der Waals surface area contributed by atoms with Crippen molar-refractivity contribution in [2.75, 3.05) is 38.0 Å². The second-order valence-electron chi connectivity index (χ2n) is 9.51. The van der Waals surface area contributed by atoms with Crippen LogP contribution in [-0.2, 0) is 20.9 Å². The molecule has 12 nitrogen and oxygen atoms in total. The molecule has 192 valence electrons. The van der Waals surface area contributed by atoms with E-state index < -0.39 is 17.4 Å². The highest BCUT2D eigenvalue weighted by molar-refractivity contribution is 6.00. The minimum atomic E-state index is -1.26. The van der Waals surface area contributed by atoms with Crippen LogP contribution in [0.25, 0.3) is 11.0 Å². The number of hydrogen-bond acceptors (Lipinski definition) is 8. The lowest BCUT2D eigenvalue weighted by Crippen LogP contribution is -2.49. The van der Waals surface area contributed by atoms with Gasteiger partial charge in [0.2, 0.25) is 5.91 Å². The van der Waals surface area contributed by atoms with E-state index in [4.69, 9.17) is 10.2 Å². The first-order valence-corrected chi connectivity index (χ1v) is 11.5. The molecule has 0 radical (unpaired) electrons. The molecule has 1 amide bonds. The number of carbonyl (C=O) groups is 3. The van der Waals surface area contributed by atoms with Gasteiger partial charge in [-0.2, -0.15) is 5.10 Å². The molecule has 0 aliphatic carbocycles. The third kappa shape index (κ3) is 8.72. The van der Waals surface area contributed by atoms with Crippen LogP contribution < -0.4 is 5.32 Å². The molecule has 0 bridgehead atoms. The van der Waals surface area contributed by atoms with Crippen LogP contribution >= 0.6 is 0 Å². The Morgan fingerprint density at radius 2 is 1.63 bits per heavy atom. The van der Waals surface area contributed by atoms with Crippen molar-refractivity contribution in [3.05, 3.63) is 24.7 Å². The van der Waals surface area contributed by atoms with E-state index in [0.717, 1.165) is 50.3 Å². The second kappa shape index (κ2) is 12.4. The van der Waals surface area contributed by atoms with Crippen molar-refractivity contribution in [1.82, 2.24) is 29.5 Å². The molecule has 2 aromatic rings. The minimum absolute atomic E-state index is 0.0710. The number of carboxylic acids is 2. The number of aromatic nitrogens is 4. The van der Waals surface area contributed by atoms with E-state index in [1.807, 2.05) is 25.5 Å². The summed E-state index contributed by atoms with van der Waals surface area (Å²) in [6.07, 6.45) is 4.34. The SMILES string of the molecule is CC(C)N1CCN(CCn2ncc3c(NC(=O)C(C)(C)C)ncnc32)CC1.O=C(O)C=CC(=O)O. The van der Waals surface area contributed by atoms with E-state index in [-0.39, 0.29) is 5.91 Å². The zero-order valence-electron chi connectivity index (χ0n) is 20.9. The Balaban J connectivity index is 0.000000466. The van der Waals surface area contributed by atoms with E-state index in [2.05, 4.69) is 44.0 Å². The summed E-state index contributed by atoms with van der Waals surface area (Å²) in [6.45, 7) is 16.2. The highest BCUT2D eigenvalue weighted by Crippen LogP contribution is 2.22. The Bertz CT molecular complexity index is 1030. The number of aliphatic carboxylic acids is 2. The van der Waals surface area contributed by atoms with Crippen LogP contribution in [0.4, 0.5) is 5.82 Å². The van der Waals surface area contributed by atoms with Crippen LogP contribution in [0.2, 0.25) is 0 Å². The van der Waals surface area contributed by atoms with Crippen LogP contribution in [0.3, 0.4) is 0 Å². The summed E-state index contributed by atoms with van der Waals surface area (Å²) in [5, 5.41) is 23.8. The number of hydrogen-bond donors (Lipinski definition) is 3. The number of amides is 1. The molecule has 0 atom stereocenters. The van der Waals surface area contributed by atoms with E-state index in [1.165, 1.54) is 6.33 Å². The van der Waals surface area contributed by atoms with Crippen molar-refractivity contribution < 1.29 is 24.6 Å². The highest BCUT2D eigenvalue weighted by Gasteiger charge is 2.23. The fourth-order valence-corrected chi connectivity index (χ4v) is 3.33. The Morgan fingerprint density at radius 1 is 1.03 bits per heavy atom. The van der Waals surface area contributed by atoms with Crippen molar-refractivity contribution in [2.24, 2.45) is 5.41 Å². The summed E-state index contributed by atoms with van der Waals surface area (Å²) in [7, 11) is 0. The zero-order valence-corrected chi connectivity index (χ0v) is 20.9. The van der Waals surface area contributed by atoms with Gasteiger partial charge in [-0.3, -0.25) is 14.6 Å². The Hall–Kier alpha value is -3.38. The van der Waals surface area contributed by atoms with Gasteiger partial charge < -0.3 is 15.5 Å². The van der Waals surface area contributed by atoms with E-state index in [1.54, 1.807) is 6.20 Å². The van der Waals surface area contributed by atoms with Gasteiger partial charge >= 0.3 is 11.9 Å². The molecule has 12 heteroatoms.